The van der Waals surface area contributed by atoms with Crippen LogP contribution >= 0.6 is 11.6 Å². The fourth-order valence-electron chi connectivity index (χ4n) is 0.941. The van der Waals surface area contributed by atoms with Crippen LogP contribution in [0.5, 0.6) is 5.75 Å². The second-order valence-electron chi connectivity index (χ2n) is 2.64. The predicted octanol–water partition coefficient (Wildman–Crippen LogP) is 4.10. The summed E-state index contributed by atoms with van der Waals surface area (Å²) in [5.74, 6) is -2.42. The van der Waals surface area contributed by atoms with Crippen LogP contribution in [0.3, 0.4) is 0 Å². The summed E-state index contributed by atoms with van der Waals surface area (Å²) in [7, 11) is 0. The van der Waals surface area contributed by atoms with Crippen molar-refractivity contribution >= 4 is 11.6 Å². The molecule has 0 aliphatic carbocycles. The van der Waals surface area contributed by atoms with Gasteiger partial charge in [-0.15, -0.1) is 0 Å². The van der Waals surface area contributed by atoms with Crippen molar-refractivity contribution in [3.05, 3.63) is 28.5 Å². The molecule has 90 valence electrons. The van der Waals surface area contributed by atoms with E-state index in [9.17, 15) is 26.3 Å². The SMILES string of the molecule is Fc1cc(OC(F)F)cc(C(F)(F)F)c1Cl. The number of halogens is 7. The third-order valence-electron chi connectivity index (χ3n) is 1.53. The van der Waals surface area contributed by atoms with Gasteiger partial charge in [-0.2, -0.15) is 22.0 Å². The van der Waals surface area contributed by atoms with Crippen LogP contribution in [0.2, 0.25) is 5.02 Å². The molecule has 0 aliphatic heterocycles. The average Bonchev–Trinajstić information content (AvgIpc) is 2.08. The summed E-state index contributed by atoms with van der Waals surface area (Å²) < 4.78 is 76.7. The van der Waals surface area contributed by atoms with Gasteiger partial charge in [0.25, 0.3) is 0 Å². The highest BCUT2D eigenvalue weighted by atomic mass is 35.5. The van der Waals surface area contributed by atoms with E-state index in [1.54, 1.807) is 0 Å². The molecule has 16 heavy (non-hydrogen) atoms. The lowest BCUT2D eigenvalue weighted by atomic mass is 10.2. The quantitative estimate of drug-likeness (QED) is 0.731. The minimum atomic E-state index is -4.95. The van der Waals surface area contributed by atoms with Gasteiger partial charge in [0.2, 0.25) is 0 Å². The highest BCUT2D eigenvalue weighted by Gasteiger charge is 2.35. The molecule has 0 amide bonds. The van der Waals surface area contributed by atoms with Crippen molar-refractivity contribution < 1.29 is 31.1 Å². The van der Waals surface area contributed by atoms with E-state index < -0.39 is 34.9 Å². The van der Waals surface area contributed by atoms with Gasteiger partial charge in [-0.25, -0.2) is 4.39 Å². The van der Waals surface area contributed by atoms with Crippen LogP contribution in [0.15, 0.2) is 12.1 Å². The molecule has 8 heteroatoms. The normalized spacial score (nSPS) is 12.0. The maximum atomic E-state index is 12.9. The largest absolute Gasteiger partial charge is 0.435 e. The Morgan fingerprint density at radius 3 is 2.19 bits per heavy atom. The molecule has 0 saturated heterocycles. The van der Waals surface area contributed by atoms with Gasteiger partial charge >= 0.3 is 12.8 Å². The maximum absolute atomic E-state index is 12.9. The summed E-state index contributed by atoms with van der Waals surface area (Å²) in [6.07, 6.45) is -4.95. The molecule has 0 unspecified atom stereocenters. The second kappa shape index (κ2) is 4.40. The van der Waals surface area contributed by atoms with E-state index in [0.717, 1.165) is 0 Å². The minimum Gasteiger partial charge on any atom is -0.435 e. The Hall–Kier alpha value is -1.11. The highest BCUT2D eigenvalue weighted by molar-refractivity contribution is 6.31. The predicted molar refractivity (Wildman–Crippen MR) is 43.0 cm³/mol. The molecule has 0 bridgehead atoms. The molecule has 1 rings (SSSR count). The van der Waals surface area contributed by atoms with Gasteiger partial charge < -0.3 is 4.74 Å². The number of hydrogen-bond donors (Lipinski definition) is 0. The Morgan fingerprint density at radius 1 is 1.19 bits per heavy atom. The fourth-order valence-corrected chi connectivity index (χ4v) is 1.16. The van der Waals surface area contributed by atoms with E-state index in [4.69, 9.17) is 11.6 Å². The van der Waals surface area contributed by atoms with Gasteiger partial charge in [0.1, 0.15) is 11.6 Å². The lowest BCUT2D eigenvalue weighted by Gasteiger charge is -2.12. The van der Waals surface area contributed by atoms with Gasteiger partial charge in [0, 0.05) is 6.07 Å². The van der Waals surface area contributed by atoms with Crippen molar-refractivity contribution in [1.29, 1.82) is 0 Å². The van der Waals surface area contributed by atoms with Crippen molar-refractivity contribution in [2.24, 2.45) is 0 Å². The lowest BCUT2D eigenvalue weighted by molar-refractivity contribution is -0.138. The van der Waals surface area contributed by atoms with Crippen molar-refractivity contribution in [3.63, 3.8) is 0 Å². The number of alkyl halides is 5. The summed E-state index contributed by atoms with van der Waals surface area (Å²) in [5, 5.41) is -1.19. The molecule has 0 heterocycles. The molecular formula is C8H3ClF6O. The first-order valence-corrected chi connectivity index (χ1v) is 4.10. The molecule has 1 aromatic rings. The number of hydrogen-bond acceptors (Lipinski definition) is 1. The number of benzene rings is 1. The smallest absolute Gasteiger partial charge is 0.418 e. The van der Waals surface area contributed by atoms with E-state index >= 15 is 0 Å². The number of rotatable bonds is 2. The second-order valence-corrected chi connectivity index (χ2v) is 3.02. The van der Waals surface area contributed by atoms with Crippen LogP contribution in [0.1, 0.15) is 5.56 Å². The minimum absolute atomic E-state index is 0.206. The Kier molecular flexibility index (Phi) is 3.57. The lowest BCUT2D eigenvalue weighted by Crippen LogP contribution is -2.09. The van der Waals surface area contributed by atoms with E-state index in [1.165, 1.54) is 0 Å². The zero-order valence-corrected chi connectivity index (χ0v) is 8.04. The molecule has 1 nitrogen and oxygen atoms in total. The van der Waals surface area contributed by atoms with E-state index in [-0.39, 0.29) is 6.07 Å². The van der Waals surface area contributed by atoms with Crippen LogP contribution in [0, 0.1) is 5.82 Å². The fraction of sp³-hybridized carbons (Fsp3) is 0.250. The monoisotopic (exact) mass is 264 g/mol. The van der Waals surface area contributed by atoms with Crippen LogP contribution in [0.4, 0.5) is 26.3 Å². The summed E-state index contributed by atoms with van der Waals surface area (Å²) in [4.78, 5) is 0. The first-order valence-electron chi connectivity index (χ1n) is 3.73. The van der Waals surface area contributed by atoms with Crippen molar-refractivity contribution in [3.8, 4) is 5.75 Å². The average molecular weight is 265 g/mol. The van der Waals surface area contributed by atoms with Gasteiger partial charge in [-0.3, -0.25) is 0 Å². The van der Waals surface area contributed by atoms with E-state index in [0.29, 0.717) is 6.07 Å². The van der Waals surface area contributed by atoms with Gasteiger partial charge in [-0.1, -0.05) is 11.6 Å². The third-order valence-corrected chi connectivity index (χ3v) is 1.92. The molecule has 0 spiro atoms. The molecular weight excluding hydrogens is 262 g/mol. The maximum Gasteiger partial charge on any atom is 0.418 e. The third kappa shape index (κ3) is 2.94. The molecule has 0 radical (unpaired) electrons. The molecule has 0 aliphatic rings. The standard InChI is InChI=1S/C8H3ClF6O/c9-6-4(8(13,14)15)1-3(2-5(6)10)16-7(11)12/h1-2,7H. The molecule has 0 saturated carbocycles. The zero-order valence-electron chi connectivity index (χ0n) is 7.29. The molecule has 0 aromatic heterocycles. The molecule has 0 fully saturated rings. The Balaban J connectivity index is 3.23. The van der Waals surface area contributed by atoms with Crippen LogP contribution < -0.4 is 4.74 Å². The van der Waals surface area contributed by atoms with Crippen molar-refractivity contribution in [2.45, 2.75) is 12.8 Å². The van der Waals surface area contributed by atoms with Crippen molar-refractivity contribution in [2.75, 3.05) is 0 Å². The summed E-state index contributed by atoms with van der Waals surface area (Å²) in [6, 6.07) is 0.557. The summed E-state index contributed by atoms with van der Waals surface area (Å²) in [5.41, 5.74) is -1.56. The van der Waals surface area contributed by atoms with Crippen LogP contribution in [-0.4, -0.2) is 6.61 Å². The first kappa shape index (κ1) is 13.0. The van der Waals surface area contributed by atoms with Gasteiger partial charge in [0.05, 0.1) is 10.6 Å². The first-order chi connectivity index (χ1) is 7.21. The molecule has 0 N–H and O–H groups in total. The van der Waals surface area contributed by atoms with Gasteiger partial charge in [0.15, 0.2) is 0 Å². The van der Waals surface area contributed by atoms with E-state index in [1.807, 2.05) is 0 Å². The van der Waals surface area contributed by atoms with Crippen LogP contribution in [-0.2, 0) is 6.18 Å². The summed E-state index contributed by atoms with van der Waals surface area (Å²) >= 11 is 5.05. The van der Waals surface area contributed by atoms with E-state index in [2.05, 4.69) is 4.74 Å². The number of ether oxygens (including phenoxy) is 1. The van der Waals surface area contributed by atoms with Crippen molar-refractivity contribution in [1.82, 2.24) is 0 Å². The van der Waals surface area contributed by atoms with Crippen LogP contribution in [0.25, 0.3) is 0 Å². The topological polar surface area (TPSA) is 9.23 Å². The summed E-state index contributed by atoms with van der Waals surface area (Å²) in [6.45, 7) is -3.35. The molecule has 1 aromatic carbocycles. The van der Waals surface area contributed by atoms with Gasteiger partial charge in [-0.05, 0) is 6.07 Å². The zero-order chi connectivity index (χ0) is 12.5. The highest BCUT2D eigenvalue weighted by Crippen LogP contribution is 2.38. The Bertz CT molecular complexity index is 389. The molecule has 0 atom stereocenters. The Morgan fingerprint density at radius 2 is 1.75 bits per heavy atom. The Labute approximate surface area is 90.6 Å².